The average Bonchev–Trinajstić information content (AvgIpc) is 3.13. The Labute approximate surface area is 157 Å². The van der Waals surface area contributed by atoms with Crippen LogP contribution in [0.3, 0.4) is 0 Å². The molecule has 1 amide bonds. The van der Waals surface area contributed by atoms with Crippen LogP contribution in [0.5, 0.6) is 0 Å². The molecule has 2 aliphatic carbocycles. The van der Waals surface area contributed by atoms with Crippen molar-refractivity contribution in [1.82, 2.24) is 10.6 Å². The van der Waals surface area contributed by atoms with E-state index in [4.69, 9.17) is 4.74 Å². The van der Waals surface area contributed by atoms with E-state index in [9.17, 15) is 9.18 Å². The molecule has 148 valence electrons. The first-order valence-electron chi connectivity index (χ1n) is 10.9. The standard InChI is InChI=1S/C21H35FN2O2/c1-13-5-6-18(22)17-12-19(24-20(13)17)21(25)23-16-4-2-3-15(11-16)14-7-9-26-10-8-14/h13-20,24H,2-12H2,1H3,(H,23,25). The van der Waals surface area contributed by atoms with Gasteiger partial charge >= 0.3 is 0 Å². The van der Waals surface area contributed by atoms with Crippen LogP contribution in [0.25, 0.3) is 0 Å². The minimum Gasteiger partial charge on any atom is -0.381 e. The predicted octanol–water partition coefficient (Wildman–Crippen LogP) is 3.20. The Morgan fingerprint density at radius 1 is 1.04 bits per heavy atom. The Balaban J connectivity index is 1.30. The highest BCUT2D eigenvalue weighted by molar-refractivity contribution is 5.82. The molecule has 7 atom stereocenters. The maximum Gasteiger partial charge on any atom is 0.237 e. The van der Waals surface area contributed by atoms with Gasteiger partial charge in [0, 0.05) is 31.2 Å². The minimum atomic E-state index is -0.742. The molecule has 26 heavy (non-hydrogen) atoms. The smallest absolute Gasteiger partial charge is 0.237 e. The lowest BCUT2D eigenvalue weighted by atomic mass is 9.75. The third-order valence-corrected chi connectivity index (χ3v) is 7.65. The number of carbonyl (C=O) groups excluding carboxylic acids is 1. The third kappa shape index (κ3) is 3.94. The fourth-order valence-corrected chi connectivity index (χ4v) is 6.08. The number of rotatable bonds is 3. The van der Waals surface area contributed by atoms with E-state index >= 15 is 0 Å². The highest BCUT2D eigenvalue weighted by Gasteiger charge is 2.46. The van der Waals surface area contributed by atoms with Crippen LogP contribution in [0, 0.1) is 23.7 Å². The van der Waals surface area contributed by atoms with Crippen molar-refractivity contribution in [2.45, 2.75) is 89.0 Å². The summed E-state index contributed by atoms with van der Waals surface area (Å²) in [5, 5.41) is 6.78. The van der Waals surface area contributed by atoms with E-state index in [0.717, 1.165) is 44.3 Å². The molecule has 4 fully saturated rings. The first-order valence-corrected chi connectivity index (χ1v) is 10.9. The molecule has 2 aliphatic heterocycles. The lowest BCUT2D eigenvalue weighted by Gasteiger charge is -2.37. The van der Waals surface area contributed by atoms with Gasteiger partial charge in [-0.25, -0.2) is 4.39 Å². The third-order valence-electron chi connectivity index (χ3n) is 7.65. The fourth-order valence-electron chi connectivity index (χ4n) is 6.08. The fraction of sp³-hybridized carbons (Fsp3) is 0.952. The molecular formula is C21H35FN2O2. The Hall–Kier alpha value is -0.680. The first kappa shape index (κ1) is 18.7. The summed E-state index contributed by atoms with van der Waals surface area (Å²) >= 11 is 0. The second-order valence-electron chi connectivity index (χ2n) is 9.30. The van der Waals surface area contributed by atoms with Crippen molar-refractivity contribution in [1.29, 1.82) is 0 Å². The lowest BCUT2D eigenvalue weighted by Crippen LogP contribution is -2.49. The number of amides is 1. The molecule has 2 saturated carbocycles. The van der Waals surface area contributed by atoms with Crippen LogP contribution >= 0.6 is 0 Å². The maximum atomic E-state index is 14.3. The zero-order valence-corrected chi connectivity index (χ0v) is 16.1. The number of fused-ring (bicyclic) bond motifs is 1. The van der Waals surface area contributed by atoms with E-state index in [0.29, 0.717) is 24.8 Å². The monoisotopic (exact) mass is 366 g/mol. The molecule has 0 spiro atoms. The summed E-state index contributed by atoms with van der Waals surface area (Å²) in [5.74, 6) is 2.10. The van der Waals surface area contributed by atoms with Gasteiger partial charge in [0.15, 0.2) is 0 Å². The van der Waals surface area contributed by atoms with Gasteiger partial charge in [0.05, 0.1) is 6.04 Å². The van der Waals surface area contributed by atoms with E-state index in [2.05, 4.69) is 17.6 Å². The van der Waals surface area contributed by atoms with Crippen LogP contribution in [0.2, 0.25) is 0 Å². The number of hydrogen-bond donors (Lipinski definition) is 2. The van der Waals surface area contributed by atoms with E-state index in [1.807, 2.05) is 0 Å². The van der Waals surface area contributed by atoms with Crippen LogP contribution in [-0.4, -0.2) is 43.4 Å². The van der Waals surface area contributed by atoms with Gasteiger partial charge in [-0.1, -0.05) is 19.8 Å². The highest BCUT2D eigenvalue weighted by Crippen LogP contribution is 2.39. The molecule has 4 aliphatic rings. The molecular weight excluding hydrogens is 331 g/mol. The Bertz CT molecular complexity index is 478. The van der Waals surface area contributed by atoms with Crippen LogP contribution in [-0.2, 0) is 9.53 Å². The van der Waals surface area contributed by atoms with Crippen molar-refractivity contribution in [3.63, 3.8) is 0 Å². The summed E-state index contributed by atoms with van der Waals surface area (Å²) in [4.78, 5) is 12.8. The number of alkyl halides is 1. The Kier molecular flexibility index (Phi) is 5.84. The molecule has 7 unspecified atom stereocenters. The Morgan fingerprint density at radius 2 is 1.85 bits per heavy atom. The zero-order valence-electron chi connectivity index (χ0n) is 16.1. The number of hydrogen-bond acceptors (Lipinski definition) is 3. The SMILES string of the molecule is CC1CCC(F)C2CC(C(=O)NC3CCCC(C4CCOCC4)C3)NC12. The summed E-state index contributed by atoms with van der Waals surface area (Å²) in [5.41, 5.74) is 0. The largest absolute Gasteiger partial charge is 0.381 e. The molecule has 2 N–H and O–H groups in total. The van der Waals surface area contributed by atoms with Crippen LogP contribution in [0.15, 0.2) is 0 Å². The average molecular weight is 367 g/mol. The number of ether oxygens (including phenoxy) is 1. The van der Waals surface area contributed by atoms with E-state index in [1.54, 1.807) is 0 Å². The molecule has 4 rings (SSSR count). The molecule has 0 radical (unpaired) electrons. The van der Waals surface area contributed by atoms with Crippen LogP contribution in [0.4, 0.5) is 4.39 Å². The van der Waals surface area contributed by atoms with Crippen molar-refractivity contribution in [2.75, 3.05) is 13.2 Å². The summed E-state index contributed by atoms with van der Waals surface area (Å²) in [6.07, 6.45) is 8.57. The van der Waals surface area contributed by atoms with Gasteiger partial charge in [0.1, 0.15) is 6.17 Å². The number of carbonyl (C=O) groups is 1. The molecule has 0 bridgehead atoms. The summed E-state index contributed by atoms with van der Waals surface area (Å²) in [6, 6.07) is 0.273. The van der Waals surface area contributed by atoms with Crippen molar-refractivity contribution in [3.05, 3.63) is 0 Å². The van der Waals surface area contributed by atoms with Gasteiger partial charge in [0.25, 0.3) is 0 Å². The zero-order chi connectivity index (χ0) is 18.1. The van der Waals surface area contributed by atoms with E-state index in [1.165, 1.54) is 25.7 Å². The molecule has 0 aromatic carbocycles. The minimum absolute atomic E-state index is 0.0239. The van der Waals surface area contributed by atoms with Crippen molar-refractivity contribution in [3.8, 4) is 0 Å². The lowest BCUT2D eigenvalue weighted by molar-refractivity contribution is -0.124. The van der Waals surface area contributed by atoms with Gasteiger partial charge in [-0.05, 0) is 62.7 Å². The van der Waals surface area contributed by atoms with Gasteiger partial charge in [-0.3, -0.25) is 4.79 Å². The van der Waals surface area contributed by atoms with Crippen LogP contribution in [0.1, 0.15) is 64.7 Å². The van der Waals surface area contributed by atoms with Gasteiger partial charge in [-0.15, -0.1) is 0 Å². The van der Waals surface area contributed by atoms with E-state index in [-0.39, 0.29) is 23.9 Å². The van der Waals surface area contributed by atoms with Gasteiger partial charge < -0.3 is 15.4 Å². The molecule has 2 heterocycles. The summed E-state index contributed by atoms with van der Waals surface area (Å²) < 4.78 is 19.8. The van der Waals surface area contributed by atoms with Gasteiger partial charge in [-0.2, -0.15) is 0 Å². The van der Waals surface area contributed by atoms with Crippen molar-refractivity contribution in [2.24, 2.45) is 23.7 Å². The normalized spacial score (nSPS) is 44.5. The van der Waals surface area contributed by atoms with Crippen LogP contribution < -0.4 is 10.6 Å². The molecule has 2 saturated heterocycles. The molecule has 5 heteroatoms. The quantitative estimate of drug-likeness (QED) is 0.806. The molecule has 0 aromatic heterocycles. The summed E-state index contributed by atoms with van der Waals surface area (Å²) in [7, 11) is 0. The van der Waals surface area contributed by atoms with Crippen molar-refractivity contribution >= 4 is 5.91 Å². The predicted molar refractivity (Wildman–Crippen MR) is 99.5 cm³/mol. The highest BCUT2D eigenvalue weighted by atomic mass is 19.1. The molecule has 4 nitrogen and oxygen atoms in total. The Morgan fingerprint density at radius 3 is 2.62 bits per heavy atom. The first-order chi connectivity index (χ1) is 12.6. The van der Waals surface area contributed by atoms with Crippen molar-refractivity contribution < 1.29 is 13.9 Å². The number of halogens is 1. The molecule has 0 aromatic rings. The maximum absolute atomic E-state index is 14.3. The summed E-state index contributed by atoms with van der Waals surface area (Å²) in [6.45, 7) is 3.99. The van der Waals surface area contributed by atoms with E-state index < -0.39 is 6.17 Å². The topological polar surface area (TPSA) is 50.4 Å². The van der Waals surface area contributed by atoms with Gasteiger partial charge in [0.2, 0.25) is 5.91 Å². The number of nitrogens with one attached hydrogen (secondary N) is 2. The second-order valence-corrected chi connectivity index (χ2v) is 9.30. The second kappa shape index (κ2) is 8.14.